The molecule has 0 saturated heterocycles. The molecule has 2 unspecified atom stereocenters. The van der Waals surface area contributed by atoms with Crippen LogP contribution < -0.4 is 0 Å². The third-order valence-corrected chi connectivity index (χ3v) is 3.42. The van der Waals surface area contributed by atoms with Gasteiger partial charge in [-0.25, -0.2) is 0 Å². The van der Waals surface area contributed by atoms with E-state index < -0.39 is 6.29 Å². The van der Waals surface area contributed by atoms with Gasteiger partial charge in [0, 0.05) is 12.0 Å². The van der Waals surface area contributed by atoms with E-state index in [4.69, 9.17) is 4.74 Å². The molecule has 2 heteroatoms. The van der Waals surface area contributed by atoms with E-state index in [2.05, 4.69) is 41.5 Å². The molecule has 0 saturated carbocycles. The second kappa shape index (κ2) is 5.31. The van der Waals surface area contributed by atoms with Crippen LogP contribution in [0.25, 0.3) is 0 Å². The summed E-state index contributed by atoms with van der Waals surface area (Å²) in [5.41, 5.74) is -0.164. The highest BCUT2D eigenvalue weighted by Gasteiger charge is 2.44. The van der Waals surface area contributed by atoms with E-state index in [9.17, 15) is 5.11 Å². The average Bonchev–Trinajstić information content (AvgIpc) is 2.01. The van der Waals surface area contributed by atoms with Gasteiger partial charge in [-0.1, -0.05) is 41.5 Å². The Morgan fingerprint density at radius 3 is 1.87 bits per heavy atom. The van der Waals surface area contributed by atoms with Crippen molar-refractivity contribution >= 4 is 0 Å². The van der Waals surface area contributed by atoms with Gasteiger partial charge in [0.15, 0.2) is 6.29 Å². The lowest BCUT2D eigenvalue weighted by Crippen LogP contribution is -2.45. The molecule has 0 radical (unpaired) electrons. The van der Waals surface area contributed by atoms with Gasteiger partial charge < -0.3 is 9.84 Å². The fourth-order valence-corrected chi connectivity index (χ4v) is 1.97. The van der Waals surface area contributed by atoms with Crippen LogP contribution in [-0.4, -0.2) is 18.0 Å². The number of ether oxygens (including phenoxy) is 1. The van der Waals surface area contributed by atoms with Crippen molar-refractivity contribution in [1.82, 2.24) is 0 Å². The molecule has 0 fully saturated rings. The van der Waals surface area contributed by atoms with E-state index in [-0.39, 0.29) is 10.8 Å². The van der Waals surface area contributed by atoms with Crippen LogP contribution in [0.2, 0.25) is 0 Å². The largest absolute Gasteiger partial charge is 0.367 e. The molecule has 0 aliphatic carbocycles. The van der Waals surface area contributed by atoms with Crippen molar-refractivity contribution < 1.29 is 9.84 Å². The van der Waals surface area contributed by atoms with Crippen molar-refractivity contribution in [3.63, 3.8) is 0 Å². The molecule has 0 aromatic rings. The molecule has 0 aromatic carbocycles. The minimum atomic E-state index is -0.676. The van der Waals surface area contributed by atoms with Gasteiger partial charge in [-0.3, -0.25) is 0 Å². The lowest BCUT2D eigenvalue weighted by molar-refractivity contribution is -0.205. The van der Waals surface area contributed by atoms with E-state index in [1.165, 1.54) is 0 Å². The summed E-state index contributed by atoms with van der Waals surface area (Å²) >= 11 is 0. The van der Waals surface area contributed by atoms with Gasteiger partial charge in [0.25, 0.3) is 0 Å². The van der Waals surface area contributed by atoms with Crippen molar-refractivity contribution in [2.75, 3.05) is 6.61 Å². The zero-order valence-corrected chi connectivity index (χ0v) is 11.4. The van der Waals surface area contributed by atoms with E-state index in [0.29, 0.717) is 12.5 Å². The number of hydrogen-bond donors (Lipinski definition) is 1. The molecule has 1 N–H and O–H groups in total. The molecule has 2 nitrogen and oxygen atoms in total. The monoisotopic (exact) mass is 216 g/mol. The first-order valence-corrected chi connectivity index (χ1v) is 5.94. The average molecular weight is 216 g/mol. The summed E-state index contributed by atoms with van der Waals surface area (Å²) in [6.07, 6.45) is 0.294. The molecule has 92 valence electrons. The number of aliphatic hydroxyl groups excluding tert-OH is 1. The third kappa shape index (κ3) is 3.76. The number of rotatable bonds is 5. The molecule has 0 amide bonds. The summed E-state index contributed by atoms with van der Waals surface area (Å²) in [6, 6.07) is 0. The maximum atomic E-state index is 10.1. The van der Waals surface area contributed by atoms with E-state index >= 15 is 0 Å². The fourth-order valence-electron chi connectivity index (χ4n) is 1.97. The maximum absolute atomic E-state index is 10.1. The molecule has 0 rings (SSSR count). The minimum Gasteiger partial charge on any atom is -0.367 e. The first kappa shape index (κ1) is 14.9. The van der Waals surface area contributed by atoms with Crippen molar-refractivity contribution in [2.45, 2.75) is 61.2 Å². The van der Waals surface area contributed by atoms with Crippen LogP contribution in [0.3, 0.4) is 0 Å². The lowest BCUT2D eigenvalue weighted by atomic mass is 9.63. The Bertz CT molecular complexity index is 181. The second-order valence-electron chi connectivity index (χ2n) is 6.07. The van der Waals surface area contributed by atoms with Crippen LogP contribution in [0.15, 0.2) is 0 Å². The highest BCUT2D eigenvalue weighted by atomic mass is 16.6. The second-order valence-corrected chi connectivity index (χ2v) is 6.07. The zero-order chi connectivity index (χ0) is 12.3. The van der Waals surface area contributed by atoms with E-state index in [0.717, 1.165) is 6.42 Å². The molecular formula is C13H28O2. The summed E-state index contributed by atoms with van der Waals surface area (Å²) in [7, 11) is 0. The van der Waals surface area contributed by atoms with Crippen molar-refractivity contribution in [1.29, 1.82) is 0 Å². The number of aliphatic hydroxyl groups is 1. The Balaban J connectivity index is 4.85. The third-order valence-electron chi connectivity index (χ3n) is 3.42. The Kier molecular flexibility index (Phi) is 5.28. The topological polar surface area (TPSA) is 29.5 Å². The Labute approximate surface area is 95.0 Å². The molecule has 15 heavy (non-hydrogen) atoms. The smallest absolute Gasteiger partial charge is 0.160 e. The first-order valence-electron chi connectivity index (χ1n) is 5.94. The van der Waals surface area contributed by atoms with Crippen molar-refractivity contribution in [3.8, 4) is 0 Å². The van der Waals surface area contributed by atoms with Gasteiger partial charge in [0.2, 0.25) is 0 Å². The van der Waals surface area contributed by atoms with Crippen LogP contribution in [0, 0.1) is 16.7 Å². The minimum absolute atomic E-state index is 0.0336. The van der Waals surface area contributed by atoms with E-state index in [1.807, 2.05) is 6.92 Å². The highest BCUT2D eigenvalue weighted by Crippen LogP contribution is 2.46. The molecule has 0 spiro atoms. The molecule has 2 atom stereocenters. The van der Waals surface area contributed by atoms with Crippen molar-refractivity contribution in [3.05, 3.63) is 0 Å². The molecule has 0 bridgehead atoms. The fraction of sp³-hybridized carbons (Fsp3) is 1.00. The van der Waals surface area contributed by atoms with Gasteiger partial charge in [0.05, 0.1) is 0 Å². The van der Waals surface area contributed by atoms with Gasteiger partial charge in [-0.15, -0.1) is 0 Å². The van der Waals surface area contributed by atoms with Crippen LogP contribution in [0.5, 0.6) is 0 Å². The molecule has 0 heterocycles. The molecule has 0 aliphatic rings. The highest BCUT2D eigenvalue weighted by molar-refractivity contribution is 4.89. The normalized spacial score (nSPS) is 19.0. The molecule has 0 aromatic heterocycles. The Hall–Kier alpha value is -0.0800. The predicted octanol–water partition coefficient (Wildman–Crippen LogP) is 3.44. The summed E-state index contributed by atoms with van der Waals surface area (Å²) < 4.78 is 5.39. The summed E-state index contributed by atoms with van der Waals surface area (Å²) in [5.74, 6) is 0.560. The molecule has 0 aliphatic heterocycles. The summed E-state index contributed by atoms with van der Waals surface area (Å²) in [4.78, 5) is 0. The van der Waals surface area contributed by atoms with Crippen LogP contribution in [0.1, 0.15) is 54.9 Å². The SMILES string of the molecule is CCOC(O)C(C)(CC(C)C)C(C)(C)C. The van der Waals surface area contributed by atoms with Crippen molar-refractivity contribution in [2.24, 2.45) is 16.7 Å². The predicted molar refractivity (Wildman–Crippen MR) is 64.6 cm³/mol. The summed E-state index contributed by atoms with van der Waals surface area (Å²) in [5, 5.41) is 10.1. The first-order chi connectivity index (χ1) is 6.65. The van der Waals surface area contributed by atoms with Crippen LogP contribution in [-0.2, 0) is 4.74 Å². The summed E-state index contributed by atoms with van der Waals surface area (Å²) in [6.45, 7) is 15.5. The standard InChI is InChI=1S/C13H28O2/c1-8-15-11(14)13(7,9-10(2)3)12(4,5)6/h10-11,14H,8-9H2,1-7H3. The van der Waals surface area contributed by atoms with Gasteiger partial charge in [-0.2, -0.15) is 0 Å². The van der Waals surface area contributed by atoms with Gasteiger partial charge in [0.1, 0.15) is 0 Å². The van der Waals surface area contributed by atoms with Crippen LogP contribution >= 0.6 is 0 Å². The van der Waals surface area contributed by atoms with E-state index in [1.54, 1.807) is 0 Å². The zero-order valence-electron chi connectivity index (χ0n) is 11.4. The van der Waals surface area contributed by atoms with Gasteiger partial charge in [-0.05, 0) is 24.7 Å². The quantitative estimate of drug-likeness (QED) is 0.713. The Morgan fingerprint density at radius 1 is 1.13 bits per heavy atom. The molecular weight excluding hydrogens is 188 g/mol. The lowest BCUT2D eigenvalue weighted by Gasteiger charge is -2.46. The van der Waals surface area contributed by atoms with Gasteiger partial charge >= 0.3 is 0 Å². The Morgan fingerprint density at radius 2 is 1.60 bits per heavy atom. The van der Waals surface area contributed by atoms with Crippen LogP contribution in [0.4, 0.5) is 0 Å². The number of hydrogen-bond acceptors (Lipinski definition) is 2. The maximum Gasteiger partial charge on any atom is 0.160 e.